The number of hydrogen-bond acceptors (Lipinski definition) is 3. The van der Waals surface area contributed by atoms with Crippen molar-refractivity contribution in [3.63, 3.8) is 0 Å². The first-order chi connectivity index (χ1) is 7.08. The summed E-state index contributed by atoms with van der Waals surface area (Å²) in [5, 5.41) is 0.319. The Kier molecular flexibility index (Phi) is 2.74. The van der Waals surface area contributed by atoms with Crippen LogP contribution in [0.3, 0.4) is 0 Å². The van der Waals surface area contributed by atoms with Gasteiger partial charge in [0.2, 0.25) is 4.73 Å². The normalized spacial score (nSPS) is 10.7. The Bertz CT molecular complexity index is 491. The van der Waals surface area contributed by atoms with Gasteiger partial charge in [0.05, 0.1) is 0 Å². The number of nitrogens with zero attached hydrogens (tertiary/aromatic N) is 2. The monoisotopic (exact) mass is 294 g/mol. The van der Waals surface area contributed by atoms with E-state index in [1.54, 1.807) is 0 Å². The number of aromatic nitrogens is 2. The molecular formula is C8H2BrF3N2S. The number of halogens is 4. The van der Waals surface area contributed by atoms with E-state index in [1.807, 2.05) is 0 Å². The number of rotatable bonds is 1. The molecule has 0 bridgehead atoms. The summed E-state index contributed by atoms with van der Waals surface area (Å²) in [4.78, 5) is 3.86. The Labute approximate surface area is 95.1 Å². The lowest BCUT2D eigenvalue weighted by atomic mass is 10.2. The van der Waals surface area contributed by atoms with Crippen molar-refractivity contribution in [1.29, 1.82) is 0 Å². The average Bonchev–Trinajstić information content (AvgIpc) is 2.60. The van der Waals surface area contributed by atoms with Gasteiger partial charge in [-0.1, -0.05) is 0 Å². The van der Waals surface area contributed by atoms with Gasteiger partial charge in [-0.05, 0) is 39.6 Å². The van der Waals surface area contributed by atoms with E-state index in [1.165, 1.54) is 0 Å². The van der Waals surface area contributed by atoms with Crippen LogP contribution < -0.4 is 0 Å². The van der Waals surface area contributed by atoms with Gasteiger partial charge in [-0.15, -0.1) is 0 Å². The molecule has 2 rings (SSSR count). The average molecular weight is 295 g/mol. The molecule has 0 radical (unpaired) electrons. The molecule has 78 valence electrons. The minimum atomic E-state index is -1.48. The summed E-state index contributed by atoms with van der Waals surface area (Å²) >= 11 is 3.97. The molecule has 0 unspecified atom stereocenters. The van der Waals surface area contributed by atoms with Gasteiger partial charge in [0.25, 0.3) is 0 Å². The lowest BCUT2D eigenvalue weighted by Gasteiger charge is -1.98. The Morgan fingerprint density at radius 2 is 1.73 bits per heavy atom. The highest BCUT2D eigenvalue weighted by atomic mass is 79.9. The van der Waals surface area contributed by atoms with Crippen molar-refractivity contribution in [3.05, 3.63) is 34.3 Å². The van der Waals surface area contributed by atoms with Crippen LogP contribution in [-0.2, 0) is 0 Å². The standard InChI is InChI=1S/C8H2BrF3N2S/c9-8-13-7(15-14-8)3-1-4(10)6(12)5(11)2-3/h1-2H. The fraction of sp³-hybridized carbons (Fsp3) is 0. The van der Waals surface area contributed by atoms with Gasteiger partial charge in [0.15, 0.2) is 17.5 Å². The van der Waals surface area contributed by atoms with Crippen molar-refractivity contribution in [2.45, 2.75) is 0 Å². The van der Waals surface area contributed by atoms with E-state index in [4.69, 9.17) is 0 Å². The molecule has 15 heavy (non-hydrogen) atoms. The fourth-order valence-electron chi connectivity index (χ4n) is 1.00. The smallest absolute Gasteiger partial charge is 0.209 e. The molecule has 0 spiro atoms. The van der Waals surface area contributed by atoms with Gasteiger partial charge in [-0.2, -0.15) is 4.37 Å². The molecular weight excluding hydrogens is 293 g/mol. The predicted molar refractivity (Wildman–Crippen MR) is 52.9 cm³/mol. The van der Waals surface area contributed by atoms with Gasteiger partial charge in [0, 0.05) is 5.56 Å². The third-order valence-corrected chi connectivity index (χ3v) is 2.99. The van der Waals surface area contributed by atoms with Gasteiger partial charge >= 0.3 is 0 Å². The second kappa shape index (κ2) is 3.90. The molecule has 2 nitrogen and oxygen atoms in total. The first-order valence-corrected chi connectivity index (χ1v) is 5.28. The van der Waals surface area contributed by atoms with Gasteiger partial charge in [0.1, 0.15) is 5.01 Å². The highest BCUT2D eigenvalue weighted by Gasteiger charge is 2.13. The summed E-state index contributed by atoms with van der Waals surface area (Å²) in [6, 6.07) is 1.76. The molecule has 2 aromatic rings. The Balaban J connectivity index is 2.55. The van der Waals surface area contributed by atoms with E-state index in [-0.39, 0.29) is 5.56 Å². The molecule has 0 amide bonds. The number of hydrogen-bond donors (Lipinski definition) is 0. The van der Waals surface area contributed by atoms with Crippen LogP contribution >= 0.6 is 27.5 Å². The van der Waals surface area contributed by atoms with Crippen LogP contribution in [0.5, 0.6) is 0 Å². The van der Waals surface area contributed by atoms with Crippen LogP contribution in [-0.4, -0.2) is 9.36 Å². The molecule has 7 heteroatoms. The van der Waals surface area contributed by atoms with Gasteiger partial charge in [-0.25, -0.2) is 18.2 Å². The molecule has 0 aliphatic carbocycles. The maximum absolute atomic E-state index is 12.9. The summed E-state index contributed by atoms with van der Waals surface area (Å²) < 4.78 is 42.5. The molecule has 0 aliphatic rings. The first kappa shape index (κ1) is 10.6. The molecule has 1 aromatic carbocycles. The Hall–Kier alpha value is -0.950. The van der Waals surface area contributed by atoms with E-state index >= 15 is 0 Å². The zero-order valence-corrected chi connectivity index (χ0v) is 9.37. The quantitative estimate of drug-likeness (QED) is 0.754. The van der Waals surface area contributed by atoms with Gasteiger partial charge in [-0.3, -0.25) is 0 Å². The zero-order chi connectivity index (χ0) is 11.0. The highest BCUT2D eigenvalue weighted by Crippen LogP contribution is 2.26. The molecule has 0 saturated carbocycles. The van der Waals surface area contributed by atoms with Crippen LogP contribution in [0.15, 0.2) is 16.9 Å². The van der Waals surface area contributed by atoms with E-state index in [2.05, 4.69) is 25.3 Å². The molecule has 0 N–H and O–H groups in total. The minimum Gasteiger partial charge on any atom is -0.209 e. The third-order valence-electron chi connectivity index (χ3n) is 1.63. The second-order valence-electron chi connectivity index (χ2n) is 2.62. The topological polar surface area (TPSA) is 25.8 Å². The second-order valence-corrected chi connectivity index (χ2v) is 4.08. The van der Waals surface area contributed by atoms with Crippen LogP contribution in [0.25, 0.3) is 10.6 Å². The third kappa shape index (κ3) is 2.03. The maximum atomic E-state index is 12.9. The summed E-state index contributed by atoms with van der Waals surface area (Å²) in [5.74, 6) is -3.96. The van der Waals surface area contributed by atoms with Crippen molar-refractivity contribution in [2.24, 2.45) is 0 Å². The summed E-state index contributed by atoms with van der Waals surface area (Å²) in [6.07, 6.45) is 0. The van der Waals surface area contributed by atoms with E-state index in [0.29, 0.717) is 9.74 Å². The molecule has 0 aliphatic heterocycles. The van der Waals surface area contributed by atoms with Gasteiger partial charge < -0.3 is 0 Å². The van der Waals surface area contributed by atoms with Crippen LogP contribution in [0.4, 0.5) is 13.2 Å². The maximum Gasteiger partial charge on any atom is 0.209 e. The van der Waals surface area contributed by atoms with Crippen molar-refractivity contribution in [3.8, 4) is 10.6 Å². The molecule has 0 saturated heterocycles. The van der Waals surface area contributed by atoms with Crippen molar-refractivity contribution in [1.82, 2.24) is 9.36 Å². The molecule has 0 atom stereocenters. The van der Waals surface area contributed by atoms with Crippen LogP contribution in [0.2, 0.25) is 0 Å². The van der Waals surface area contributed by atoms with Crippen LogP contribution in [0.1, 0.15) is 0 Å². The minimum absolute atomic E-state index is 0.162. The zero-order valence-electron chi connectivity index (χ0n) is 6.97. The Morgan fingerprint density at radius 3 is 2.20 bits per heavy atom. The first-order valence-electron chi connectivity index (χ1n) is 3.72. The molecule has 1 aromatic heterocycles. The molecule has 0 fully saturated rings. The molecule has 1 heterocycles. The summed E-state index contributed by atoms with van der Waals surface area (Å²) in [7, 11) is 0. The van der Waals surface area contributed by atoms with E-state index < -0.39 is 17.5 Å². The highest BCUT2D eigenvalue weighted by molar-refractivity contribution is 9.10. The van der Waals surface area contributed by atoms with Crippen molar-refractivity contribution < 1.29 is 13.2 Å². The fourth-order valence-corrected chi connectivity index (χ4v) is 2.07. The Morgan fingerprint density at radius 1 is 1.13 bits per heavy atom. The number of benzene rings is 1. The SMILES string of the molecule is Fc1cc(-c2nc(Br)ns2)cc(F)c1F. The van der Waals surface area contributed by atoms with Crippen molar-refractivity contribution >= 4 is 27.5 Å². The predicted octanol–water partition coefficient (Wildman–Crippen LogP) is 3.38. The van der Waals surface area contributed by atoms with E-state index in [9.17, 15) is 13.2 Å². The van der Waals surface area contributed by atoms with Crippen LogP contribution in [0, 0.1) is 17.5 Å². The van der Waals surface area contributed by atoms with E-state index in [0.717, 1.165) is 23.7 Å². The summed E-state index contributed by atoms with van der Waals surface area (Å²) in [6.45, 7) is 0. The lowest BCUT2D eigenvalue weighted by molar-refractivity contribution is 0.447. The largest absolute Gasteiger partial charge is 0.209 e. The van der Waals surface area contributed by atoms with Crippen molar-refractivity contribution in [2.75, 3.05) is 0 Å². The summed E-state index contributed by atoms with van der Waals surface area (Å²) in [5.41, 5.74) is 0.162. The lowest BCUT2D eigenvalue weighted by Crippen LogP contribution is -1.91.